The summed E-state index contributed by atoms with van der Waals surface area (Å²) in [5.41, 5.74) is -0.573. The summed E-state index contributed by atoms with van der Waals surface area (Å²) in [6.07, 6.45) is 7.65. The van der Waals surface area contributed by atoms with Gasteiger partial charge < -0.3 is 15.3 Å². The molecule has 8 heteroatoms. The number of carbonyl (C=O) groups is 3. The highest BCUT2D eigenvalue weighted by molar-refractivity contribution is 5.86. The molecule has 1 fully saturated rings. The van der Waals surface area contributed by atoms with Crippen molar-refractivity contribution >= 4 is 17.8 Å². The summed E-state index contributed by atoms with van der Waals surface area (Å²) in [6.45, 7) is 0.126. The van der Waals surface area contributed by atoms with Gasteiger partial charge in [0.2, 0.25) is 11.8 Å². The third-order valence-electron chi connectivity index (χ3n) is 4.60. The van der Waals surface area contributed by atoms with Gasteiger partial charge in [0.05, 0.1) is 5.92 Å². The Morgan fingerprint density at radius 3 is 2.58 bits per heavy atom. The van der Waals surface area contributed by atoms with Crippen LogP contribution in [0.1, 0.15) is 38.5 Å². The molecule has 24 heavy (non-hydrogen) atoms. The number of nitrogens with zero attached hydrogens (tertiary/aromatic N) is 3. The molecule has 0 radical (unpaired) electrons. The molecule has 2 rings (SSSR count). The minimum atomic E-state index is -1.04. The summed E-state index contributed by atoms with van der Waals surface area (Å²) in [5, 5.41) is 19.9. The van der Waals surface area contributed by atoms with E-state index in [1.807, 2.05) is 0 Å². The van der Waals surface area contributed by atoms with Crippen LogP contribution in [0.2, 0.25) is 0 Å². The van der Waals surface area contributed by atoms with Crippen LogP contribution in [-0.4, -0.2) is 53.1 Å². The van der Waals surface area contributed by atoms with E-state index in [2.05, 4.69) is 21.5 Å². The highest BCUT2D eigenvalue weighted by atomic mass is 16.4. The Morgan fingerprint density at radius 2 is 2.04 bits per heavy atom. The molecule has 1 saturated heterocycles. The van der Waals surface area contributed by atoms with Crippen molar-refractivity contribution in [3.8, 4) is 12.3 Å². The van der Waals surface area contributed by atoms with Crippen LogP contribution in [-0.2, 0) is 14.4 Å². The normalized spacial score (nSPS) is 24.1. The number of amides is 2. The lowest BCUT2D eigenvalue weighted by Gasteiger charge is -2.37. The summed E-state index contributed by atoms with van der Waals surface area (Å²) in [5.74, 6) is 0.653. The van der Waals surface area contributed by atoms with E-state index >= 15 is 0 Å². The van der Waals surface area contributed by atoms with Gasteiger partial charge in [0.25, 0.3) is 0 Å². The first-order valence-electron chi connectivity index (χ1n) is 8.04. The van der Waals surface area contributed by atoms with Crippen LogP contribution in [0.3, 0.4) is 0 Å². The van der Waals surface area contributed by atoms with E-state index in [1.54, 1.807) is 0 Å². The summed E-state index contributed by atoms with van der Waals surface area (Å²) in [4.78, 5) is 37.1. The fraction of sp³-hybridized carbons (Fsp3) is 0.688. The van der Waals surface area contributed by atoms with Crippen LogP contribution in [0.25, 0.3) is 0 Å². The fourth-order valence-corrected chi connectivity index (χ4v) is 3.04. The Morgan fingerprint density at radius 1 is 1.33 bits per heavy atom. The maximum absolute atomic E-state index is 12.5. The predicted octanol–water partition coefficient (Wildman–Crippen LogP) is 0.780. The lowest BCUT2D eigenvalue weighted by molar-refractivity contribution is -0.154. The number of carboxylic acid groups (broad SMARTS) is 1. The number of aliphatic carboxylic acids is 1. The van der Waals surface area contributed by atoms with Crippen LogP contribution in [0, 0.1) is 18.3 Å². The number of rotatable bonds is 7. The van der Waals surface area contributed by atoms with Crippen LogP contribution in [0.5, 0.6) is 0 Å². The van der Waals surface area contributed by atoms with Crippen molar-refractivity contribution in [1.29, 1.82) is 0 Å². The van der Waals surface area contributed by atoms with E-state index in [0.29, 0.717) is 25.7 Å². The molecular formula is C16H22N4O4. The predicted molar refractivity (Wildman–Crippen MR) is 84.8 cm³/mol. The molecule has 0 saturated carbocycles. The van der Waals surface area contributed by atoms with E-state index in [1.165, 1.54) is 11.9 Å². The van der Waals surface area contributed by atoms with Crippen molar-refractivity contribution in [2.75, 3.05) is 13.6 Å². The van der Waals surface area contributed by atoms with Crippen molar-refractivity contribution in [2.24, 2.45) is 16.1 Å². The van der Waals surface area contributed by atoms with E-state index < -0.39 is 17.7 Å². The molecule has 2 atom stereocenters. The van der Waals surface area contributed by atoms with Gasteiger partial charge in [-0.1, -0.05) is 0 Å². The summed E-state index contributed by atoms with van der Waals surface area (Å²) in [6, 6.07) is -0.881. The fourth-order valence-electron chi connectivity index (χ4n) is 3.04. The number of carboxylic acids is 1. The number of hydrogen-bond acceptors (Lipinski definition) is 5. The Bertz CT molecular complexity index is 589. The van der Waals surface area contributed by atoms with Gasteiger partial charge in [-0.25, -0.2) is 4.79 Å². The van der Waals surface area contributed by atoms with E-state index in [9.17, 15) is 19.5 Å². The monoisotopic (exact) mass is 334 g/mol. The topological polar surface area (TPSA) is 111 Å². The zero-order valence-corrected chi connectivity index (χ0v) is 13.7. The molecule has 2 amide bonds. The smallest absolute Gasteiger partial charge is 0.326 e. The number of carbonyl (C=O) groups excluding carboxylic acids is 2. The molecule has 0 aromatic carbocycles. The number of terminal acetylenes is 1. The van der Waals surface area contributed by atoms with E-state index in [-0.39, 0.29) is 37.1 Å². The molecule has 130 valence electrons. The maximum atomic E-state index is 12.5. The first-order chi connectivity index (χ1) is 11.4. The largest absolute Gasteiger partial charge is 0.480 e. The Labute approximate surface area is 140 Å². The standard InChI is InChI=1S/C16H22N4O4/c1-3-4-8-16(18-19-16)9-7-13(21)20-10-11(14(22)17-2)5-6-12(20)15(23)24/h1,11-12H,4-10H2,2H3,(H,17,22)(H,23,24)/t11-,12-/m1/s1. The SMILES string of the molecule is C#CCCC1(CCC(=O)N2C[C@H](C(=O)NC)CC[C@@H]2C(=O)O)N=N1. The first kappa shape index (κ1) is 17.9. The second-order valence-corrected chi connectivity index (χ2v) is 6.18. The molecule has 2 aliphatic rings. The van der Waals surface area contributed by atoms with Gasteiger partial charge in [0, 0.05) is 39.3 Å². The highest BCUT2D eigenvalue weighted by Crippen LogP contribution is 2.38. The molecule has 0 aromatic heterocycles. The zero-order valence-electron chi connectivity index (χ0n) is 13.7. The first-order valence-corrected chi connectivity index (χ1v) is 8.04. The van der Waals surface area contributed by atoms with Gasteiger partial charge in [-0.3, -0.25) is 9.59 Å². The average molecular weight is 334 g/mol. The number of hydrogen-bond donors (Lipinski definition) is 2. The molecule has 8 nitrogen and oxygen atoms in total. The van der Waals surface area contributed by atoms with Crippen LogP contribution < -0.4 is 5.32 Å². The van der Waals surface area contributed by atoms with Crippen LogP contribution in [0.15, 0.2) is 10.2 Å². The van der Waals surface area contributed by atoms with Crippen molar-refractivity contribution < 1.29 is 19.5 Å². The molecular weight excluding hydrogens is 312 g/mol. The minimum absolute atomic E-state index is 0.126. The van der Waals surface area contributed by atoms with Gasteiger partial charge in [0.1, 0.15) is 6.04 Å². The minimum Gasteiger partial charge on any atom is -0.480 e. The Hall–Kier alpha value is -2.43. The number of piperidine rings is 1. The zero-order chi connectivity index (χ0) is 17.7. The van der Waals surface area contributed by atoms with Crippen LogP contribution in [0.4, 0.5) is 0 Å². The summed E-state index contributed by atoms with van der Waals surface area (Å²) < 4.78 is 0. The van der Waals surface area contributed by atoms with Gasteiger partial charge in [-0.15, -0.1) is 12.3 Å². The maximum Gasteiger partial charge on any atom is 0.326 e. The molecule has 0 aromatic rings. The third kappa shape index (κ3) is 4.10. The summed E-state index contributed by atoms with van der Waals surface area (Å²) >= 11 is 0. The van der Waals surface area contributed by atoms with E-state index in [4.69, 9.17) is 6.42 Å². The van der Waals surface area contributed by atoms with Gasteiger partial charge in [0.15, 0.2) is 5.66 Å². The lowest BCUT2D eigenvalue weighted by atomic mass is 9.91. The quantitative estimate of drug-likeness (QED) is 0.670. The molecule has 0 unspecified atom stereocenters. The Balaban J connectivity index is 1.96. The molecule has 2 N–H and O–H groups in total. The number of likely N-dealkylation sites (tertiary alicyclic amines) is 1. The van der Waals surface area contributed by atoms with Crippen molar-refractivity contribution in [2.45, 2.75) is 50.2 Å². The second-order valence-electron chi connectivity index (χ2n) is 6.18. The van der Waals surface area contributed by atoms with Gasteiger partial charge in [-0.05, 0) is 12.8 Å². The average Bonchev–Trinajstić information content (AvgIpc) is 3.36. The second kappa shape index (κ2) is 7.43. The lowest BCUT2D eigenvalue weighted by Crippen LogP contribution is -2.53. The van der Waals surface area contributed by atoms with E-state index in [0.717, 1.165) is 0 Å². The molecule has 0 bridgehead atoms. The summed E-state index contributed by atoms with van der Waals surface area (Å²) in [7, 11) is 1.53. The van der Waals surface area contributed by atoms with Gasteiger partial charge >= 0.3 is 5.97 Å². The van der Waals surface area contributed by atoms with Crippen molar-refractivity contribution in [3.05, 3.63) is 0 Å². The Kier molecular flexibility index (Phi) is 5.54. The van der Waals surface area contributed by atoms with Crippen molar-refractivity contribution in [1.82, 2.24) is 10.2 Å². The van der Waals surface area contributed by atoms with Crippen LogP contribution >= 0.6 is 0 Å². The van der Waals surface area contributed by atoms with Gasteiger partial charge in [-0.2, -0.15) is 10.2 Å². The molecule has 2 heterocycles. The molecule has 0 aliphatic carbocycles. The molecule has 2 aliphatic heterocycles. The third-order valence-corrected chi connectivity index (χ3v) is 4.60. The number of nitrogens with one attached hydrogen (secondary N) is 1. The molecule has 0 spiro atoms. The van der Waals surface area contributed by atoms with Crippen molar-refractivity contribution in [3.63, 3.8) is 0 Å². The highest BCUT2D eigenvalue weighted by Gasteiger charge is 2.42.